The molecule has 8 nitrogen and oxygen atoms in total. The number of halogens is 3. The lowest BCUT2D eigenvalue weighted by atomic mass is 9.68. The number of rotatable bonds is 10. The van der Waals surface area contributed by atoms with Gasteiger partial charge in [0.15, 0.2) is 0 Å². The number of carbonyl (C=O) groups excluding carboxylic acids is 2. The van der Waals surface area contributed by atoms with Crippen molar-refractivity contribution in [2.24, 2.45) is 0 Å². The maximum atomic E-state index is 13.9. The summed E-state index contributed by atoms with van der Waals surface area (Å²) in [6.07, 6.45) is -3.64. The van der Waals surface area contributed by atoms with Gasteiger partial charge in [0.2, 0.25) is 5.91 Å². The Morgan fingerprint density at radius 1 is 0.900 bits per heavy atom. The monoisotopic (exact) mass is 684 g/mol. The van der Waals surface area contributed by atoms with Gasteiger partial charge in [-0.15, -0.1) is 0 Å². The fourth-order valence-electron chi connectivity index (χ4n) is 7.50. The summed E-state index contributed by atoms with van der Waals surface area (Å²) in [6.45, 7) is 3.41. The summed E-state index contributed by atoms with van der Waals surface area (Å²) < 4.78 is 51.3. The van der Waals surface area contributed by atoms with Crippen LogP contribution in [0.5, 0.6) is 17.2 Å². The number of amides is 2. The predicted molar refractivity (Wildman–Crippen MR) is 184 cm³/mol. The summed E-state index contributed by atoms with van der Waals surface area (Å²) in [6, 6.07) is 28.1. The number of nitrogens with one attached hydrogen (secondary N) is 1. The first-order valence-corrected chi connectivity index (χ1v) is 16.9. The van der Waals surface area contributed by atoms with Crippen molar-refractivity contribution in [3.8, 4) is 17.2 Å². The zero-order valence-electron chi connectivity index (χ0n) is 27.8. The average Bonchev–Trinajstić information content (AvgIpc) is 3.43. The van der Waals surface area contributed by atoms with E-state index < -0.39 is 24.0 Å². The largest absolute Gasteiger partial charge is 0.497 e. The molecular weight excluding hydrogens is 645 g/mol. The van der Waals surface area contributed by atoms with E-state index in [9.17, 15) is 22.8 Å². The van der Waals surface area contributed by atoms with E-state index >= 15 is 0 Å². The Morgan fingerprint density at radius 3 is 2.28 bits per heavy atom. The Kier molecular flexibility index (Phi) is 9.17. The van der Waals surface area contributed by atoms with E-state index in [0.717, 1.165) is 54.3 Å². The van der Waals surface area contributed by atoms with Crippen LogP contribution in [0, 0.1) is 0 Å². The number of methoxy groups -OCH3 is 1. The molecule has 7 rings (SSSR count). The molecule has 2 amide bonds. The Morgan fingerprint density at radius 2 is 1.60 bits per heavy atom. The predicted octanol–water partition coefficient (Wildman–Crippen LogP) is 6.52. The van der Waals surface area contributed by atoms with Gasteiger partial charge in [-0.3, -0.25) is 14.5 Å². The third-order valence-corrected chi connectivity index (χ3v) is 9.99. The van der Waals surface area contributed by atoms with Crippen LogP contribution in [0.4, 0.5) is 18.9 Å². The van der Waals surface area contributed by atoms with E-state index in [-0.39, 0.29) is 5.91 Å². The standard InChI is InChI=1S/C39H39F3N4O4/c1-49-30-9-6-8-27(22-30)24-46-25-28-14-15-29(23-31(28)36(46)47)45-20-18-44(19-21-45)17-7-16-38(37(48)43-26-39(40,41)42)32-10-2-4-12-34(32)50-35-13-5-3-11-33(35)38/h2-6,8-15,22-23H,7,16-21,24-26H2,1H3,(H,43,48). The molecule has 3 aliphatic rings. The molecule has 1 N–H and O–H groups in total. The van der Waals surface area contributed by atoms with Gasteiger partial charge in [0.1, 0.15) is 29.2 Å². The lowest BCUT2D eigenvalue weighted by Crippen LogP contribution is -2.50. The van der Waals surface area contributed by atoms with E-state index in [0.29, 0.717) is 55.1 Å². The Hall–Kier alpha value is -5.03. The van der Waals surface area contributed by atoms with Crippen molar-refractivity contribution in [3.05, 3.63) is 119 Å². The highest BCUT2D eigenvalue weighted by Gasteiger charge is 2.48. The second-order valence-electron chi connectivity index (χ2n) is 13.1. The zero-order chi connectivity index (χ0) is 34.9. The Labute approximate surface area is 289 Å². The number of carbonyl (C=O) groups is 2. The van der Waals surface area contributed by atoms with Gasteiger partial charge in [-0.1, -0.05) is 54.6 Å². The number of hydrogen-bond acceptors (Lipinski definition) is 6. The summed E-state index contributed by atoms with van der Waals surface area (Å²) in [5, 5.41) is 2.20. The highest BCUT2D eigenvalue weighted by atomic mass is 19.4. The van der Waals surface area contributed by atoms with E-state index in [2.05, 4.69) is 21.2 Å². The molecule has 4 aromatic rings. The minimum atomic E-state index is -4.54. The summed E-state index contributed by atoms with van der Waals surface area (Å²) in [5.41, 5.74) is 3.57. The number of anilines is 1. The van der Waals surface area contributed by atoms with Crippen LogP contribution >= 0.6 is 0 Å². The molecule has 1 fully saturated rings. The molecule has 3 heterocycles. The molecule has 4 aromatic carbocycles. The average molecular weight is 685 g/mol. The number of hydrogen-bond donors (Lipinski definition) is 1. The van der Waals surface area contributed by atoms with Gasteiger partial charge in [0.05, 0.1) is 7.11 Å². The van der Waals surface area contributed by atoms with E-state index in [1.165, 1.54) is 0 Å². The number of para-hydroxylation sites is 2. The molecule has 0 bridgehead atoms. The number of piperazine rings is 1. The van der Waals surface area contributed by atoms with Crippen molar-refractivity contribution in [3.63, 3.8) is 0 Å². The lowest BCUT2D eigenvalue weighted by molar-refractivity contribution is -0.141. The summed E-state index contributed by atoms with van der Waals surface area (Å²) >= 11 is 0. The van der Waals surface area contributed by atoms with Gasteiger partial charge < -0.3 is 24.6 Å². The van der Waals surface area contributed by atoms with Crippen LogP contribution in [0.3, 0.4) is 0 Å². The van der Waals surface area contributed by atoms with Crippen LogP contribution in [0.1, 0.15) is 45.5 Å². The van der Waals surface area contributed by atoms with Gasteiger partial charge in [0.25, 0.3) is 5.91 Å². The molecule has 0 spiro atoms. The maximum Gasteiger partial charge on any atom is 0.405 e. The highest BCUT2D eigenvalue weighted by molar-refractivity contribution is 5.99. The number of benzene rings is 4. The Bertz CT molecular complexity index is 1840. The molecule has 11 heteroatoms. The van der Waals surface area contributed by atoms with Crippen molar-refractivity contribution >= 4 is 17.5 Å². The SMILES string of the molecule is COc1cccc(CN2Cc3ccc(N4CCN(CCCC5(C(=O)NCC(F)(F)F)c6ccccc6Oc6ccccc65)CC4)cc3C2=O)c1. The smallest absolute Gasteiger partial charge is 0.405 e. The second kappa shape index (κ2) is 13.7. The van der Waals surface area contributed by atoms with Crippen LogP contribution in [0.2, 0.25) is 0 Å². The lowest BCUT2D eigenvalue weighted by Gasteiger charge is -2.40. The van der Waals surface area contributed by atoms with Gasteiger partial charge in [-0.05, 0) is 66.9 Å². The minimum Gasteiger partial charge on any atom is -0.497 e. The van der Waals surface area contributed by atoms with Crippen LogP contribution in [0.25, 0.3) is 0 Å². The third-order valence-electron chi connectivity index (χ3n) is 9.99. The van der Waals surface area contributed by atoms with E-state index in [4.69, 9.17) is 9.47 Å². The van der Waals surface area contributed by atoms with Gasteiger partial charge in [0, 0.05) is 61.6 Å². The molecule has 50 heavy (non-hydrogen) atoms. The van der Waals surface area contributed by atoms with Gasteiger partial charge >= 0.3 is 6.18 Å². The molecule has 0 radical (unpaired) electrons. The number of nitrogens with zero attached hydrogens (tertiary/aromatic N) is 3. The third kappa shape index (κ3) is 6.61. The second-order valence-corrected chi connectivity index (χ2v) is 13.1. The van der Waals surface area contributed by atoms with Crippen molar-refractivity contribution in [1.29, 1.82) is 0 Å². The van der Waals surface area contributed by atoms with Crippen LogP contribution in [-0.2, 0) is 23.3 Å². The molecule has 0 unspecified atom stereocenters. The normalized spacial score (nSPS) is 16.7. The highest BCUT2D eigenvalue weighted by Crippen LogP contribution is 2.50. The minimum absolute atomic E-state index is 0.0211. The van der Waals surface area contributed by atoms with Crippen molar-refractivity contribution in [1.82, 2.24) is 15.1 Å². The molecule has 3 aliphatic heterocycles. The first kappa shape index (κ1) is 33.5. The maximum absolute atomic E-state index is 13.9. The van der Waals surface area contributed by atoms with Crippen molar-refractivity contribution in [2.45, 2.75) is 37.5 Å². The van der Waals surface area contributed by atoms with Crippen molar-refractivity contribution < 1.29 is 32.2 Å². The number of ether oxygens (including phenoxy) is 2. The quantitative estimate of drug-likeness (QED) is 0.205. The molecule has 0 saturated carbocycles. The van der Waals surface area contributed by atoms with Gasteiger partial charge in [-0.2, -0.15) is 13.2 Å². The fourth-order valence-corrected chi connectivity index (χ4v) is 7.50. The molecular formula is C39H39F3N4O4. The summed E-state index contributed by atoms with van der Waals surface area (Å²) in [5.74, 6) is 1.04. The van der Waals surface area contributed by atoms with E-state index in [1.54, 1.807) is 55.6 Å². The molecule has 0 aliphatic carbocycles. The van der Waals surface area contributed by atoms with Gasteiger partial charge in [-0.25, -0.2) is 0 Å². The Balaban J connectivity index is 1.01. The van der Waals surface area contributed by atoms with E-state index in [1.807, 2.05) is 41.3 Å². The van der Waals surface area contributed by atoms with Crippen LogP contribution in [0.15, 0.2) is 91.0 Å². The van der Waals surface area contributed by atoms with Crippen molar-refractivity contribution in [2.75, 3.05) is 51.3 Å². The number of fused-ring (bicyclic) bond motifs is 3. The fraction of sp³-hybridized carbons (Fsp3) is 0.333. The first-order chi connectivity index (χ1) is 24.1. The number of alkyl halides is 3. The molecule has 1 saturated heterocycles. The molecule has 260 valence electrons. The zero-order valence-corrected chi connectivity index (χ0v) is 27.8. The first-order valence-electron chi connectivity index (χ1n) is 16.9. The molecule has 0 aromatic heterocycles. The topological polar surface area (TPSA) is 74.3 Å². The van der Waals surface area contributed by atoms with Crippen LogP contribution in [-0.4, -0.2) is 74.2 Å². The summed E-state index contributed by atoms with van der Waals surface area (Å²) in [4.78, 5) is 33.7. The summed E-state index contributed by atoms with van der Waals surface area (Å²) in [7, 11) is 1.63. The van der Waals surface area contributed by atoms with Crippen LogP contribution < -0.4 is 19.7 Å². The molecule has 0 atom stereocenters.